The molecule has 9 heteroatoms. The predicted molar refractivity (Wildman–Crippen MR) is 106 cm³/mol. The molecule has 3 heterocycles. The summed E-state index contributed by atoms with van der Waals surface area (Å²) in [7, 11) is 0. The Kier molecular flexibility index (Phi) is 4.37. The monoisotopic (exact) mass is 400 g/mol. The number of carbonyl (C=O) groups is 1. The average molecular weight is 401 g/mol. The van der Waals surface area contributed by atoms with E-state index in [1.54, 1.807) is 28.9 Å². The van der Waals surface area contributed by atoms with Crippen LogP contribution in [0, 0.1) is 0 Å². The molecule has 0 aliphatic heterocycles. The van der Waals surface area contributed by atoms with Crippen LogP contribution in [0.3, 0.4) is 0 Å². The molecule has 3 aromatic heterocycles. The number of pyridine rings is 1. The standard InChI is InChI=1S/C18H13ClN4O3S/c19-11-3-1-10(2-4-11)12-8-21-23-14-5-6-22(15(9-27)18(25)26)17(24)13(14)7-20-16(12)23/h1-8,15,27H,9H2,(H,25,26). The molecule has 0 saturated carbocycles. The highest BCUT2D eigenvalue weighted by atomic mass is 35.5. The number of halogens is 1. The molecule has 27 heavy (non-hydrogen) atoms. The van der Waals surface area contributed by atoms with Crippen LogP contribution in [-0.4, -0.2) is 36.0 Å². The lowest BCUT2D eigenvalue weighted by Crippen LogP contribution is -2.31. The Bertz CT molecular complexity index is 1230. The maximum Gasteiger partial charge on any atom is 0.327 e. The first-order valence-electron chi connectivity index (χ1n) is 7.98. The minimum atomic E-state index is -1.12. The van der Waals surface area contributed by atoms with E-state index in [0.29, 0.717) is 16.2 Å². The van der Waals surface area contributed by atoms with Gasteiger partial charge in [0, 0.05) is 28.7 Å². The number of nitrogens with zero attached hydrogens (tertiary/aromatic N) is 4. The maximum absolute atomic E-state index is 12.8. The quantitative estimate of drug-likeness (QED) is 0.514. The van der Waals surface area contributed by atoms with Crippen molar-refractivity contribution in [2.24, 2.45) is 0 Å². The molecule has 0 spiro atoms. The molecule has 0 radical (unpaired) electrons. The van der Waals surface area contributed by atoms with Crippen LogP contribution in [0.2, 0.25) is 5.02 Å². The number of benzene rings is 1. The van der Waals surface area contributed by atoms with Crippen molar-refractivity contribution < 1.29 is 9.90 Å². The second-order valence-electron chi connectivity index (χ2n) is 5.92. The van der Waals surface area contributed by atoms with Gasteiger partial charge in [0.15, 0.2) is 5.65 Å². The zero-order valence-electron chi connectivity index (χ0n) is 13.8. The first-order valence-corrected chi connectivity index (χ1v) is 8.99. The molecule has 7 nitrogen and oxygen atoms in total. The van der Waals surface area contributed by atoms with Gasteiger partial charge in [0.05, 0.1) is 17.1 Å². The van der Waals surface area contributed by atoms with Gasteiger partial charge < -0.3 is 5.11 Å². The van der Waals surface area contributed by atoms with Crippen molar-refractivity contribution in [2.45, 2.75) is 6.04 Å². The van der Waals surface area contributed by atoms with Gasteiger partial charge in [-0.1, -0.05) is 23.7 Å². The lowest BCUT2D eigenvalue weighted by molar-refractivity contribution is -0.140. The summed E-state index contributed by atoms with van der Waals surface area (Å²) < 4.78 is 2.72. The molecule has 1 unspecified atom stereocenters. The molecular weight excluding hydrogens is 388 g/mol. The van der Waals surface area contributed by atoms with E-state index < -0.39 is 17.6 Å². The third-order valence-corrected chi connectivity index (χ3v) is 4.97. The lowest BCUT2D eigenvalue weighted by atomic mass is 10.1. The largest absolute Gasteiger partial charge is 0.480 e. The van der Waals surface area contributed by atoms with Gasteiger partial charge in [-0.3, -0.25) is 9.36 Å². The van der Waals surface area contributed by atoms with Crippen LogP contribution < -0.4 is 5.56 Å². The maximum atomic E-state index is 12.8. The Morgan fingerprint density at radius 1 is 1.22 bits per heavy atom. The van der Waals surface area contributed by atoms with Gasteiger partial charge in [-0.25, -0.2) is 14.3 Å². The molecule has 0 aliphatic carbocycles. The van der Waals surface area contributed by atoms with Gasteiger partial charge in [-0.2, -0.15) is 17.7 Å². The SMILES string of the molecule is O=C(O)C(CS)n1ccc2c(cnc3c(-c4ccc(Cl)cc4)cnn32)c1=O. The van der Waals surface area contributed by atoms with E-state index in [2.05, 4.69) is 22.7 Å². The summed E-state index contributed by atoms with van der Waals surface area (Å²) in [4.78, 5) is 28.5. The van der Waals surface area contributed by atoms with Crippen molar-refractivity contribution in [3.05, 3.63) is 64.3 Å². The second kappa shape index (κ2) is 6.71. The molecule has 1 N–H and O–H groups in total. The fourth-order valence-corrected chi connectivity index (χ4v) is 3.45. The zero-order chi connectivity index (χ0) is 19.1. The van der Waals surface area contributed by atoms with Gasteiger partial charge in [0.1, 0.15) is 6.04 Å². The molecule has 0 bridgehead atoms. The summed E-state index contributed by atoms with van der Waals surface area (Å²) in [6, 6.07) is 7.90. The number of aromatic nitrogens is 4. The van der Waals surface area contributed by atoms with Crippen molar-refractivity contribution in [3.8, 4) is 11.1 Å². The van der Waals surface area contributed by atoms with Crippen molar-refractivity contribution in [2.75, 3.05) is 5.75 Å². The van der Waals surface area contributed by atoms with Gasteiger partial charge >= 0.3 is 5.97 Å². The van der Waals surface area contributed by atoms with Crippen molar-refractivity contribution >= 4 is 46.7 Å². The van der Waals surface area contributed by atoms with Crippen LogP contribution >= 0.6 is 24.2 Å². The Balaban J connectivity index is 1.93. The average Bonchev–Trinajstić information content (AvgIpc) is 3.09. The van der Waals surface area contributed by atoms with E-state index in [0.717, 1.165) is 15.7 Å². The van der Waals surface area contributed by atoms with E-state index in [1.165, 1.54) is 12.4 Å². The molecule has 1 atom stereocenters. The molecule has 0 aliphatic rings. The minimum absolute atomic E-state index is 0.00109. The van der Waals surface area contributed by atoms with Crippen LogP contribution in [0.5, 0.6) is 0 Å². The molecule has 0 amide bonds. The molecule has 0 fully saturated rings. The minimum Gasteiger partial charge on any atom is -0.480 e. The van der Waals surface area contributed by atoms with E-state index in [-0.39, 0.29) is 11.1 Å². The Hall–Kier alpha value is -2.84. The highest BCUT2D eigenvalue weighted by Gasteiger charge is 2.21. The number of hydrogen-bond acceptors (Lipinski definition) is 5. The normalized spacial score (nSPS) is 12.5. The van der Waals surface area contributed by atoms with Crippen LogP contribution in [0.15, 0.2) is 53.7 Å². The summed E-state index contributed by atoms with van der Waals surface area (Å²) in [6.07, 6.45) is 4.56. The summed E-state index contributed by atoms with van der Waals surface area (Å²) >= 11 is 9.98. The molecule has 4 aromatic rings. The van der Waals surface area contributed by atoms with Crippen molar-refractivity contribution in [1.82, 2.24) is 19.2 Å². The van der Waals surface area contributed by atoms with Crippen molar-refractivity contribution in [1.29, 1.82) is 0 Å². The van der Waals surface area contributed by atoms with Gasteiger partial charge in [0.25, 0.3) is 5.56 Å². The fourth-order valence-electron chi connectivity index (χ4n) is 2.99. The molecule has 1 aromatic carbocycles. The number of aliphatic carboxylic acids is 1. The first kappa shape index (κ1) is 17.6. The van der Waals surface area contributed by atoms with E-state index in [9.17, 15) is 14.7 Å². The number of carboxylic acid groups (broad SMARTS) is 1. The topological polar surface area (TPSA) is 89.5 Å². The molecule has 136 valence electrons. The van der Waals surface area contributed by atoms with Crippen molar-refractivity contribution in [3.63, 3.8) is 0 Å². The second-order valence-corrected chi connectivity index (χ2v) is 6.72. The Morgan fingerprint density at radius 2 is 1.96 bits per heavy atom. The highest BCUT2D eigenvalue weighted by Crippen LogP contribution is 2.26. The number of carboxylic acids is 1. The summed E-state index contributed by atoms with van der Waals surface area (Å²) in [6.45, 7) is 0. The Morgan fingerprint density at radius 3 is 2.63 bits per heavy atom. The summed E-state index contributed by atoms with van der Waals surface area (Å²) in [5.74, 6) is -1.12. The number of thiol groups is 1. The van der Waals surface area contributed by atoms with E-state index >= 15 is 0 Å². The predicted octanol–water partition coefficient (Wildman–Crippen LogP) is 2.92. The highest BCUT2D eigenvalue weighted by molar-refractivity contribution is 7.80. The number of rotatable bonds is 4. The van der Waals surface area contributed by atoms with Crippen LogP contribution in [-0.2, 0) is 4.79 Å². The fraction of sp³-hybridized carbons (Fsp3) is 0.111. The molecular formula is C18H13ClN4O3S. The third-order valence-electron chi connectivity index (χ3n) is 4.37. The smallest absolute Gasteiger partial charge is 0.327 e. The third kappa shape index (κ3) is 2.87. The van der Waals surface area contributed by atoms with E-state index in [4.69, 9.17) is 11.6 Å². The summed E-state index contributed by atoms with van der Waals surface area (Å²) in [5, 5.41) is 14.6. The van der Waals surface area contributed by atoms with Crippen LogP contribution in [0.25, 0.3) is 27.7 Å². The summed E-state index contributed by atoms with van der Waals surface area (Å²) in [5.41, 5.74) is 2.38. The first-order chi connectivity index (χ1) is 13.0. The number of fused-ring (bicyclic) bond motifs is 3. The molecule has 4 rings (SSSR count). The van der Waals surface area contributed by atoms with Gasteiger partial charge in [-0.15, -0.1) is 0 Å². The lowest BCUT2D eigenvalue weighted by Gasteiger charge is -2.14. The van der Waals surface area contributed by atoms with Crippen LogP contribution in [0.4, 0.5) is 0 Å². The molecule has 0 saturated heterocycles. The van der Waals surface area contributed by atoms with E-state index in [1.807, 2.05) is 12.1 Å². The number of hydrogen-bond donors (Lipinski definition) is 2. The zero-order valence-corrected chi connectivity index (χ0v) is 15.4. The van der Waals surface area contributed by atoms with Gasteiger partial charge in [0.2, 0.25) is 0 Å². The van der Waals surface area contributed by atoms with Crippen LogP contribution in [0.1, 0.15) is 6.04 Å². The Labute approximate surface area is 163 Å². The van der Waals surface area contributed by atoms with Gasteiger partial charge in [-0.05, 0) is 23.8 Å².